The van der Waals surface area contributed by atoms with Gasteiger partial charge in [-0.1, -0.05) is 18.2 Å². The third-order valence-corrected chi connectivity index (χ3v) is 8.59. The average molecular weight is 667 g/mol. The van der Waals surface area contributed by atoms with Gasteiger partial charge < -0.3 is 20.1 Å². The molecule has 0 bridgehead atoms. The van der Waals surface area contributed by atoms with E-state index in [9.17, 15) is 35.8 Å². The van der Waals surface area contributed by atoms with Gasteiger partial charge in [-0.25, -0.2) is 17.6 Å². The molecule has 3 heterocycles. The Bertz CT molecular complexity index is 1480. The number of nitrogens with one attached hydrogen (secondary N) is 2. The van der Waals surface area contributed by atoms with E-state index >= 15 is 8.78 Å². The van der Waals surface area contributed by atoms with Gasteiger partial charge in [-0.05, 0) is 43.5 Å². The number of halogens is 9. The minimum atomic E-state index is -5.59. The molecule has 15 heteroatoms. The Kier molecular flexibility index (Phi) is 9.88. The Morgan fingerprint density at radius 3 is 2.33 bits per heavy atom. The number of likely N-dealkylation sites (tertiary alicyclic amines) is 1. The quantitative estimate of drug-likeness (QED) is 0.144. The van der Waals surface area contributed by atoms with E-state index in [-0.39, 0.29) is 30.5 Å². The summed E-state index contributed by atoms with van der Waals surface area (Å²) in [5.74, 6) is -10.1. The lowest BCUT2D eigenvalue weighted by Gasteiger charge is -2.42. The maximum Gasteiger partial charge on any atom is 0.453 e. The molecule has 0 aliphatic carbocycles. The van der Waals surface area contributed by atoms with Crippen molar-refractivity contribution in [3.05, 3.63) is 64.9 Å². The van der Waals surface area contributed by atoms with Crippen LogP contribution in [0.15, 0.2) is 36.4 Å². The number of fused-ring (bicyclic) bond motifs is 3. The highest BCUT2D eigenvalue weighted by Crippen LogP contribution is 2.44. The highest BCUT2D eigenvalue weighted by molar-refractivity contribution is 5.85. The number of alkyl halides is 7. The molecule has 2 atom stereocenters. The number of aliphatic hydroxyl groups excluding tert-OH is 1. The standard InChI is InChI=1S/C31H35F9N4O2/c1-18-11-22-21-5-2-3-6-25(21)42-27(22)28(44(18)16-29(34,35)17-45)26-23(32)12-19(13-24(26)33)41-20-14-43(15-20)8-10-46-9-4-7-30(36,37)31(38,39)40/h2-3,5-6,12-13,18,20,28,41-42,45H,4,7-11,14-17H2,1H3/t18-,28-/m1/s1. The lowest BCUT2D eigenvalue weighted by molar-refractivity contribution is -0.285. The van der Waals surface area contributed by atoms with Gasteiger partial charge in [-0.15, -0.1) is 0 Å². The number of hydrogen-bond donors (Lipinski definition) is 3. The maximum absolute atomic E-state index is 15.8. The molecule has 2 aromatic carbocycles. The molecule has 46 heavy (non-hydrogen) atoms. The van der Waals surface area contributed by atoms with E-state index in [1.165, 1.54) is 4.90 Å². The number of nitrogens with zero attached hydrogens (tertiary/aromatic N) is 2. The number of anilines is 1. The smallest absolute Gasteiger partial charge is 0.390 e. The van der Waals surface area contributed by atoms with Gasteiger partial charge in [-0.2, -0.15) is 22.0 Å². The van der Waals surface area contributed by atoms with Crippen molar-refractivity contribution in [2.24, 2.45) is 0 Å². The van der Waals surface area contributed by atoms with Crippen LogP contribution in [0.2, 0.25) is 0 Å². The zero-order valence-electron chi connectivity index (χ0n) is 24.9. The van der Waals surface area contributed by atoms with Gasteiger partial charge in [0.25, 0.3) is 5.92 Å². The van der Waals surface area contributed by atoms with Crippen molar-refractivity contribution < 1.29 is 49.4 Å². The number of aromatic amines is 1. The first kappa shape index (κ1) is 34.3. The summed E-state index contributed by atoms with van der Waals surface area (Å²) in [4.78, 5) is 6.41. The van der Waals surface area contributed by atoms with Crippen molar-refractivity contribution in [2.75, 3.05) is 51.3 Å². The molecule has 6 nitrogen and oxygen atoms in total. The Hall–Kier alpha value is -3.01. The van der Waals surface area contributed by atoms with Crippen molar-refractivity contribution in [2.45, 2.75) is 62.3 Å². The van der Waals surface area contributed by atoms with Crippen molar-refractivity contribution >= 4 is 16.6 Å². The summed E-state index contributed by atoms with van der Waals surface area (Å²) in [5.41, 5.74) is 1.67. The predicted octanol–water partition coefficient (Wildman–Crippen LogP) is 6.50. The number of aromatic nitrogens is 1. The van der Waals surface area contributed by atoms with Crippen molar-refractivity contribution in [1.29, 1.82) is 0 Å². The summed E-state index contributed by atoms with van der Waals surface area (Å²) in [6.07, 6.45) is -7.04. The summed E-state index contributed by atoms with van der Waals surface area (Å²) in [6, 6.07) is 7.58. The number of aliphatic hydroxyl groups is 1. The van der Waals surface area contributed by atoms with Crippen LogP contribution < -0.4 is 5.32 Å². The monoisotopic (exact) mass is 666 g/mol. The van der Waals surface area contributed by atoms with Crippen LogP contribution in [0.1, 0.15) is 42.6 Å². The largest absolute Gasteiger partial charge is 0.453 e. The van der Waals surface area contributed by atoms with Crippen LogP contribution in [0.4, 0.5) is 45.2 Å². The molecule has 1 saturated heterocycles. The number of benzene rings is 2. The van der Waals surface area contributed by atoms with E-state index < -0.39 is 67.7 Å². The fourth-order valence-corrected chi connectivity index (χ4v) is 6.22. The molecule has 1 fully saturated rings. The Morgan fingerprint density at radius 2 is 1.67 bits per heavy atom. The Balaban J connectivity index is 1.23. The third kappa shape index (κ3) is 7.26. The molecule has 0 spiro atoms. The zero-order valence-corrected chi connectivity index (χ0v) is 24.9. The molecule has 3 aromatic rings. The van der Waals surface area contributed by atoms with Crippen LogP contribution >= 0.6 is 0 Å². The van der Waals surface area contributed by atoms with Crippen LogP contribution in [-0.2, 0) is 11.2 Å². The van der Waals surface area contributed by atoms with Crippen LogP contribution in [0.25, 0.3) is 10.9 Å². The number of ether oxygens (including phenoxy) is 1. The zero-order chi connectivity index (χ0) is 33.4. The molecule has 0 radical (unpaired) electrons. The van der Waals surface area contributed by atoms with Gasteiger partial charge in [0.15, 0.2) is 0 Å². The van der Waals surface area contributed by atoms with Crippen molar-refractivity contribution in [3.8, 4) is 0 Å². The SMILES string of the molecule is C[C@@H]1Cc2c([nH]c3ccccc23)[C@@H](c2c(F)cc(NC3CN(CCOCCCC(F)(F)C(F)(F)F)C3)cc2F)N1CC(F)(F)CO. The summed E-state index contributed by atoms with van der Waals surface area (Å²) in [6.45, 7) is 0.552. The molecule has 5 rings (SSSR count). The summed E-state index contributed by atoms with van der Waals surface area (Å²) in [5, 5.41) is 13.2. The first-order valence-corrected chi connectivity index (χ1v) is 14.9. The molecule has 0 saturated carbocycles. The minimum Gasteiger partial charge on any atom is -0.390 e. The highest BCUT2D eigenvalue weighted by Gasteiger charge is 2.56. The molecule has 1 aromatic heterocycles. The van der Waals surface area contributed by atoms with Gasteiger partial charge in [0, 0.05) is 66.6 Å². The van der Waals surface area contributed by atoms with E-state index in [0.29, 0.717) is 37.3 Å². The highest BCUT2D eigenvalue weighted by atomic mass is 19.4. The average Bonchev–Trinajstić information content (AvgIpc) is 3.31. The summed E-state index contributed by atoms with van der Waals surface area (Å²) < 4.78 is 128. The van der Waals surface area contributed by atoms with Crippen LogP contribution in [0.3, 0.4) is 0 Å². The van der Waals surface area contributed by atoms with Gasteiger partial charge in [0.1, 0.15) is 18.2 Å². The lowest BCUT2D eigenvalue weighted by Crippen LogP contribution is -2.55. The number of para-hydroxylation sites is 1. The van der Waals surface area contributed by atoms with E-state index in [0.717, 1.165) is 23.1 Å². The van der Waals surface area contributed by atoms with E-state index in [4.69, 9.17) is 4.74 Å². The third-order valence-electron chi connectivity index (χ3n) is 8.59. The first-order chi connectivity index (χ1) is 21.6. The van der Waals surface area contributed by atoms with Crippen LogP contribution in [0.5, 0.6) is 0 Å². The summed E-state index contributed by atoms with van der Waals surface area (Å²) >= 11 is 0. The molecule has 0 unspecified atom stereocenters. The molecule has 2 aliphatic heterocycles. The van der Waals surface area contributed by atoms with Crippen LogP contribution in [0, 0.1) is 11.6 Å². The molecule has 3 N–H and O–H groups in total. The second kappa shape index (κ2) is 13.2. The number of H-pyrrole nitrogens is 1. The normalized spacial score (nSPS) is 20.2. The second-order valence-electron chi connectivity index (χ2n) is 12.1. The van der Waals surface area contributed by atoms with E-state index in [1.54, 1.807) is 19.1 Å². The second-order valence-corrected chi connectivity index (χ2v) is 12.1. The van der Waals surface area contributed by atoms with Crippen LogP contribution in [-0.4, -0.2) is 96.0 Å². The fraction of sp³-hybridized carbons (Fsp3) is 0.548. The summed E-state index contributed by atoms with van der Waals surface area (Å²) in [7, 11) is 0. The molecule has 0 amide bonds. The van der Waals surface area contributed by atoms with Gasteiger partial charge in [0.05, 0.1) is 25.2 Å². The maximum atomic E-state index is 15.8. The topological polar surface area (TPSA) is 63.8 Å². The number of rotatable bonds is 13. The molecule has 2 aliphatic rings. The van der Waals surface area contributed by atoms with Gasteiger partial charge in [-0.3, -0.25) is 9.80 Å². The lowest BCUT2D eigenvalue weighted by atomic mass is 9.87. The fourth-order valence-electron chi connectivity index (χ4n) is 6.22. The molecular formula is C31H35F9N4O2. The Morgan fingerprint density at radius 1 is 1.00 bits per heavy atom. The first-order valence-electron chi connectivity index (χ1n) is 14.9. The minimum absolute atomic E-state index is 0.115. The van der Waals surface area contributed by atoms with Gasteiger partial charge >= 0.3 is 12.1 Å². The Labute approximate surface area is 259 Å². The predicted molar refractivity (Wildman–Crippen MR) is 153 cm³/mol. The van der Waals surface area contributed by atoms with E-state index in [2.05, 4.69) is 10.3 Å². The van der Waals surface area contributed by atoms with Gasteiger partial charge in [0.2, 0.25) is 0 Å². The molecular weight excluding hydrogens is 631 g/mol. The molecule has 254 valence electrons. The van der Waals surface area contributed by atoms with Crippen molar-refractivity contribution in [1.82, 2.24) is 14.8 Å². The van der Waals surface area contributed by atoms with E-state index in [1.807, 2.05) is 17.0 Å². The van der Waals surface area contributed by atoms with Crippen molar-refractivity contribution in [3.63, 3.8) is 0 Å². The number of hydrogen-bond acceptors (Lipinski definition) is 5.